The van der Waals surface area contributed by atoms with Crippen LogP contribution in [0.3, 0.4) is 0 Å². The largest absolute Gasteiger partial charge is 0.394 e. The zero-order chi connectivity index (χ0) is 15.3. The van der Waals surface area contributed by atoms with Crippen LogP contribution in [0.15, 0.2) is 0 Å². The average molecular weight is 282 g/mol. The lowest BCUT2D eigenvalue weighted by atomic mass is 10.1. The Hall–Kier alpha value is -1.23. The maximum absolute atomic E-state index is 6.36. The van der Waals surface area contributed by atoms with Crippen molar-refractivity contribution in [3.63, 3.8) is 0 Å². The quantitative estimate of drug-likeness (QED) is 0.796. The van der Waals surface area contributed by atoms with Gasteiger partial charge in [-0.15, -0.1) is 0 Å². The minimum atomic E-state index is 0.334. The van der Waals surface area contributed by atoms with Crippen LogP contribution in [0.1, 0.15) is 52.1 Å². The summed E-state index contributed by atoms with van der Waals surface area (Å²) in [5.41, 5.74) is 8.15. The molecule has 0 saturated carbocycles. The zero-order valence-electron chi connectivity index (χ0n) is 13.8. The van der Waals surface area contributed by atoms with Crippen molar-refractivity contribution in [1.82, 2.24) is 9.78 Å². The third kappa shape index (κ3) is 3.45. The standard InChI is InChI=1S/C15H30N4O/c1-7-12(8-2)19(9-10-20-6)15-13(16)14(11(3)4)17-18(15)5/h11-12H,7-10,16H2,1-6H3. The minimum Gasteiger partial charge on any atom is -0.394 e. The molecule has 2 N–H and O–H groups in total. The predicted molar refractivity (Wildman–Crippen MR) is 85.3 cm³/mol. The summed E-state index contributed by atoms with van der Waals surface area (Å²) >= 11 is 0. The molecule has 1 rings (SSSR count). The fourth-order valence-electron chi connectivity index (χ4n) is 2.70. The Morgan fingerprint density at radius 3 is 2.30 bits per heavy atom. The van der Waals surface area contributed by atoms with Gasteiger partial charge in [0.1, 0.15) is 0 Å². The molecule has 0 bridgehead atoms. The lowest BCUT2D eigenvalue weighted by molar-refractivity contribution is 0.202. The summed E-state index contributed by atoms with van der Waals surface area (Å²) in [5, 5.41) is 4.60. The number of methoxy groups -OCH3 is 1. The van der Waals surface area contributed by atoms with Crippen LogP contribution in [0.4, 0.5) is 11.5 Å². The fourth-order valence-corrected chi connectivity index (χ4v) is 2.70. The minimum absolute atomic E-state index is 0.334. The molecule has 1 aromatic heterocycles. The van der Waals surface area contributed by atoms with E-state index in [1.54, 1.807) is 7.11 Å². The Kier molecular flexibility index (Phi) is 6.33. The Morgan fingerprint density at radius 2 is 1.90 bits per heavy atom. The van der Waals surface area contributed by atoms with Gasteiger partial charge in [-0.25, -0.2) is 0 Å². The summed E-state index contributed by atoms with van der Waals surface area (Å²) in [6, 6.07) is 0.461. The average Bonchev–Trinajstić information content (AvgIpc) is 2.70. The van der Waals surface area contributed by atoms with Crippen molar-refractivity contribution in [2.75, 3.05) is 30.9 Å². The molecular formula is C15H30N4O. The second-order valence-corrected chi connectivity index (χ2v) is 5.56. The van der Waals surface area contributed by atoms with Gasteiger partial charge < -0.3 is 15.4 Å². The molecule has 0 unspecified atom stereocenters. The van der Waals surface area contributed by atoms with Gasteiger partial charge in [0.25, 0.3) is 0 Å². The Bertz CT molecular complexity index is 410. The molecule has 1 heterocycles. The molecule has 0 spiro atoms. The first-order chi connectivity index (χ1) is 9.47. The van der Waals surface area contributed by atoms with E-state index in [0.29, 0.717) is 18.6 Å². The summed E-state index contributed by atoms with van der Waals surface area (Å²) in [6.07, 6.45) is 2.17. The molecule has 5 heteroatoms. The Labute approximate surface area is 123 Å². The van der Waals surface area contributed by atoms with Gasteiger partial charge in [0.15, 0.2) is 5.82 Å². The molecule has 0 aromatic carbocycles. The van der Waals surface area contributed by atoms with E-state index < -0.39 is 0 Å². The number of rotatable bonds is 8. The van der Waals surface area contributed by atoms with Gasteiger partial charge in [0, 0.05) is 26.7 Å². The number of nitrogen functional groups attached to an aromatic ring is 1. The smallest absolute Gasteiger partial charge is 0.150 e. The van der Waals surface area contributed by atoms with E-state index in [0.717, 1.165) is 36.6 Å². The molecule has 0 fully saturated rings. The molecular weight excluding hydrogens is 252 g/mol. The second kappa shape index (κ2) is 7.53. The van der Waals surface area contributed by atoms with E-state index in [1.807, 2.05) is 11.7 Å². The topological polar surface area (TPSA) is 56.3 Å². The van der Waals surface area contributed by atoms with E-state index in [4.69, 9.17) is 10.5 Å². The number of nitrogens with zero attached hydrogens (tertiary/aromatic N) is 3. The molecule has 116 valence electrons. The third-order valence-corrected chi connectivity index (χ3v) is 3.82. The predicted octanol–water partition coefficient (Wildman–Crippen LogP) is 2.77. The van der Waals surface area contributed by atoms with Crippen molar-refractivity contribution in [1.29, 1.82) is 0 Å². The summed E-state index contributed by atoms with van der Waals surface area (Å²) in [6.45, 7) is 10.2. The van der Waals surface area contributed by atoms with E-state index in [9.17, 15) is 0 Å². The van der Waals surface area contributed by atoms with Crippen molar-refractivity contribution in [2.24, 2.45) is 7.05 Å². The number of hydrogen-bond acceptors (Lipinski definition) is 4. The van der Waals surface area contributed by atoms with Gasteiger partial charge in [0.2, 0.25) is 0 Å². The first-order valence-electron chi connectivity index (χ1n) is 7.55. The molecule has 0 aliphatic rings. The molecule has 0 atom stereocenters. The number of anilines is 2. The number of hydrogen-bond donors (Lipinski definition) is 1. The Balaban J connectivity index is 3.19. The van der Waals surface area contributed by atoms with Crippen LogP contribution in [0.25, 0.3) is 0 Å². The SMILES string of the molecule is CCC(CC)N(CCOC)c1c(N)c(C(C)C)nn1C. The highest BCUT2D eigenvalue weighted by Crippen LogP contribution is 2.32. The van der Waals surface area contributed by atoms with E-state index in [1.165, 1.54) is 0 Å². The van der Waals surface area contributed by atoms with Gasteiger partial charge in [-0.2, -0.15) is 5.10 Å². The molecule has 0 amide bonds. The van der Waals surface area contributed by atoms with Crippen molar-refractivity contribution in [3.05, 3.63) is 5.69 Å². The third-order valence-electron chi connectivity index (χ3n) is 3.82. The first-order valence-corrected chi connectivity index (χ1v) is 7.55. The molecule has 0 saturated heterocycles. The van der Waals surface area contributed by atoms with Gasteiger partial charge in [-0.05, 0) is 18.8 Å². The molecule has 5 nitrogen and oxygen atoms in total. The van der Waals surface area contributed by atoms with Gasteiger partial charge in [-0.3, -0.25) is 4.68 Å². The highest BCUT2D eigenvalue weighted by molar-refractivity contribution is 5.67. The highest BCUT2D eigenvalue weighted by atomic mass is 16.5. The van der Waals surface area contributed by atoms with Crippen LogP contribution >= 0.6 is 0 Å². The molecule has 0 radical (unpaired) electrons. The van der Waals surface area contributed by atoms with E-state index in [2.05, 4.69) is 37.7 Å². The lowest BCUT2D eigenvalue weighted by Gasteiger charge is -2.32. The maximum atomic E-state index is 6.36. The molecule has 0 aliphatic heterocycles. The maximum Gasteiger partial charge on any atom is 0.150 e. The van der Waals surface area contributed by atoms with Gasteiger partial charge >= 0.3 is 0 Å². The van der Waals surface area contributed by atoms with Crippen LogP contribution in [-0.4, -0.2) is 36.1 Å². The molecule has 0 aliphatic carbocycles. The van der Waals surface area contributed by atoms with Crippen LogP contribution in [0.2, 0.25) is 0 Å². The van der Waals surface area contributed by atoms with E-state index in [-0.39, 0.29) is 0 Å². The van der Waals surface area contributed by atoms with Crippen LogP contribution in [0.5, 0.6) is 0 Å². The summed E-state index contributed by atoms with van der Waals surface area (Å²) in [5.74, 6) is 1.36. The van der Waals surface area contributed by atoms with Gasteiger partial charge in [0.05, 0.1) is 18.0 Å². The van der Waals surface area contributed by atoms with Crippen molar-refractivity contribution < 1.29 is 4.74 Å². The zero-order valence-corrected chi connectivity index (χ0v) is 13.8. The normalized spacial score (nSPS) is 11.6. The van der Waals surface area contributed by atoms with Crippen molar-refractivity contribution in [2.45, 2.75) is 52.5 Å². The fraction of sp³-hybridized carbons (Fsp3) is 0.800. The van der Waals surface area contributed by atoms with Crippen molar-refractivity contribution >= 4 is 11.5 Å². The van der Waals surface area contributed by atoms with Crippen LogP contribution in [-0.2, 0) is 11.8 Å². The lowest BCUT2D eigenvalue weighted by Crippen LogP contribution is -2.38. The number of aryl methyl sites for hydroxylation is 1. The molecule has 20 heavy (non-hydrogen) atoms. The van der Waals surface area contributed by atoms with Crippen LogP contribution < -0.4 is 10.6 Å². The first kappa shape index (κ1) is 16.8. The molecule has 1 aromatic rings. The second-order valence-electron chi connectivity index (χ2n) is 5.56. The summed E-state index contributed by atoms with van der Waals surface area (Å²) < 4.78 is 7.17. The highest BCUT2D eigenvalue weighted by Gasteiger charge is 2.24. The Morgan fingerprint density at radius 1 is 1.30 bits per heavy atom. The van der Waals surface area contributed by atoms with Crippen LogP contribution in [0, 0.1) is 0 Å². The number of ether oxygens (including phenoxy) is 1. The van der Waals surface area contributed by atoms with Gasteiger partial charge in [-0.1, -0.05) is 27.7 Å². The van der Waals surface area contributed by atoms with E-state index >= 15 is 0 Å². The number of nitrogens with two attached hydrogens (primary N) is 1. The summed E-state index contributed by atoms with van der Waals surface area (Å²) in [7, 11) is 3.71. The van der Waals surface area contributed by atoms with Crippen molar-refractivity contribution in [3.8, 4) is 0 Å². The number of aromatic nitrogens is 2. The monoisotopic (exact) mass is 282 g/mol. The summed E-state index contributed by atoms with van der Waals surface area (Å²) in [4.78, 5) is 2.34.